The van der Waals surface area contributed by atoms with Crippen LogP contribution in [0.25, 0.3) is 11.3 Å². The van der Waals surface area contributed by atoms with Gasteiger partial charge in [0.05, 0.1) is 5.69 Å². The van der Waals surface area contributed by atoms with Crippen LogP contribution in [0.2, 0.25) is 0 Å². The predicted octanol–water partition coefficient (Wildman–Crippen LogP) is 1.62. The molecule has 0 atom stereocenters. The van der Waals surface area contributed by atoms with E-state index in [1.807, 2.05) is 0 Å². The van der Waals surface area contributed by atoms with Gasteiger partial charge in [-0.1, -0.05) is 0 Å². The maximum absolute atomic E-state index is 12.6. The molecule has 2 N–H and O–H groups in total. The van der Waals surface area contributed by atoms with Crippen LogP contribution in [0.15, 0.2) is 36.5 Å². The van der Waals surface area contributed by atoms with Gasteiger partial charge < -0.3 is 5.73 Å². The van der Waals surface area contributed by atoms with E-state index >= 15 is 0 Å². The topological polar surface area (TPSA) is 60.9 Å². The average Bonchev–Trinajstić information content (AvgIpc) is 2.68. The summed E-state index contributed by atoms with van der Waals surface area (Å²) >= 11 is 0. The van der Waals surface area contributed by atoms with Crippen molar-refractivity contribution in [2.75, 3.05) is 0 Å². The van der Waals surface area contributed by atoms with Crippen LogP contribution in [0.1, 0.15) is 0 Å². The largest absolute Gasteiger partial charge is 0.350 e. The molecule has 0 unspecified atom stereocenters. The zero-order valence-electron chi connectivity index (χ0n) is 7.72. The summed E-state index contributed by atoms with van der Waals surface area (Å²) in [5.41, 5.74) is 6.34. The van der Waals surface area contributed by atoms with Crippen molar-refractivity contribution in [3.05, 3.63) is 42.3 Å². The number of aromatic nitrogens is 2. The van der Waals surface area contributed by atoms with E-state index in [1.165, 1.54) is 18.3 Å². The molecule has 5 heteroatoms. The lowest BCUT2D eigenvalue weighted by Crippen LogP contribution is -2.19. The maximum Gasteiger partial charge on any atom is 0.339 e. The van der Waals surface area contributed by atoms with Crippen LogP contribution in [-0.4, -0.2) is 15.8 Å². The molecule has 1 amide bonds. The molecule has 2 rings (SSSR count). The van der Waals surface area contributed by atoms with Crippen LogP contribution in [-0.2, 0) is 0 Å². The van der Waals surface area contributed by atoms with Crippen molar-refractivity contribution < 1.29 is 9.18 Å². The molecule has 0 bridgehead atoms. The van der Waals surface area contributed by atoms with E-state index in [0.717, 1.165) is 10.2 Å². The van der Waals surface area contributed by atoms with E-state index in [1.54, 1.807) is 18.2 Å². The number of primary amides is 1. The summed E-state index contributed by atoms with van der Waals surface area (Å²) in [6.07, 6.45) is 1.46. The lowest BCUT2D eigenvalue weighted by atomic mass is 10.1. The van der Waals surface area contributed by atoms with Gasteiger partial charge in [0, 0.05) is 11.8 Å². The highest BCUT2D eigenvalue weighted by atomic mass is 19.1. The van der Waals surface area contributed by atoms with Crippen LogP contribution in [0, 0.1) is 5.82 Å². The summed E-state index contributed by atoms with van der Waals surface area (Å²) in [6, 6.07) is 6.82. The summed E-state index contributed by atoms with van der Waals surface area (Å²) in [4.78, 5) is 10.8. The fourth-order valence-electron chi connectivity index (χ4n) is 1.22. The zero-order valence-corrected chi connectivity index (χ0v) is 7.72. The Morgan fingerprint density at radius 1 is 1.27 bits per heavy atom. The number of hydrogen-bond acceptors (Lipinski definition) is 2. The standard InChI is InChI=1S/C10H8FN3O/c11-8-3-1-7(2-4-8)9-5-6-14(13-9)10(12)15/h1-6H,(H2,12,15). The van der Waals surface area contributed by atoms with E-state index in [9.17, 15) is 9.18 Å². The Kier molecular flexibility index (Phi) is 2.21. The van der Waals surface area contributed by atoms with E-state index in [2.05, 4.69) is 5.10 Å². The number of carbonyl (C=O) groups is 1. The van der Waals surface area contributed by atoms with Crippen molar-refractivity contribution in [1.82, 2.24) is 9.78 Å². The van der Waals surface area contributed by atoms with Gasteiger partial charge >= 0.3 is 6.03 Å². The fraction of sp³-hybridized carbons (Fsp3) is 0. The van der Waals surface area contributed by atoms with E-state index in [4.69, 9.17) is 5.73 Å². The second kappa shape index (κ2) is 3.53. The van der Waals surface area contributed by atoms with E-state index < -0.39 is 6.03 Å². The van der Waals surface area contributed by atoms with Crippen LogP contribution in [0.4, 0.5) is 9.18 Å². The van der Waals surface area contributed by atoms with E-state index in [0.29, 0.717) is 5.69 Å². The van der Waals surface area contributed by atoms with Gasteiger partial charge in [0.2, 0.25) is 0 Å². The Bertz CT molecular complexity index is 490. The monoisotopic (exact) mass is 205 g/mol. The first-order valence-corrected chi connectivity index (χ1v) is 4.28. The van der Waals surface area contributed by atoms with Crippen molar-refractivity contribution in [1.29, 1.82) is 0 Å². The summed E-state index contributed by atoms with van der Waals surface area (Å²) in [7, 11) is 0. The number of amides is 1. The molecule has 1 aromatic heterocycles. The van der Waals surface area contributed by atoms with Crippen molar-refractivity contribution in [3.63, 3.8) is 0 Å². The Balaban J connectivity index is 2.37. The second-order valence-electron chi connectivity index (χ2n) is 2.99. The smallest absolute Gasteiger partial charge is 0.339 e. The van der Waals surface area contributed by atoms with Gasteiger partial charge in [-0.15, -0.1) is 0 Å². The number of carbonyl (C=O) groups excluding carboxylic acids is 1. The molecule has 0 aliphatic rings. The lowest BCUT2D eigenvalue weighted by Gasteiger charge is -1.95. The van der Waals surface area contributed by atoms with Crippen LogP contribution in [0.3, 0.4) is 0 Å². The minimum Gasteiger partial charge on any atom is -0.350 e. The minimum absolute atomic E-state index is 0.312. The number of rotatable bonds is 1. The summed E-state index contributed by atoms with van der Waals surface area (Å²) in [6.45, 7) is 0. The molecule has 1 heterocycles. The van der Waals surface area contributed by atoms with Crippen molar-refractivity contribution in [3.8, 4) is 11.3 Å². The normalized spacial score (nSPS) is 10.2. The van der Waals surface area contributed by atoms with Crippen molar-refractivity contribution in [2.24, 2.45) is 5.73 Å². The van der Waals surface area contributed by atoms with Gasteiger partial charge in [-0.25, -0.2) is 9.18 Å². The predicted molar refractivity (Wildman–Crippen MR) is 52.6 cm³/mol. The molecule has 0 fully saturated rings. The number of nitrogens with zero attached hydrogens (tertiary/aromatic N) is 2. The molecule has 0 aliphatic carbocycles. The van der Waals surface area contributed by atoms with Gasteiger partial charge in [-0.2, -0.15) is 9.78 Å². The Hall–Kier alpha value is -2.17. The summed E-state index contributed by atoms with van der Waals surface area (Å²) in [5, 5.41) is 3.93. The molecule has 0 saturated heterocycles. The summed E-state index contributed by atoms with van der Waals surface area (Å²) < 4.78 is 13.7. The first-order chi connectivity index (χ1) is 7.16. The van der Waals surface area contributed by atoms with Crippen molar-refractivity contribution in [2.45, 2.75) is 0 Å². The molecule has 76 valence electrons. The van der Waals surface area contributed by atoms with Gasteiger partial charge in [-0.3, -0.25) is 0 Å². The number of hydrogen-bond donors (Lipinski definition) is 1. The first-order valence-electron chi connectivity index (χ1n) is 4.28. The molecule has 4 nitrogen and oxygen atoms in total. The van der Waals surface area contributed by atoms with Crippen molar-refractivity contribution >= 4 is 6.03 Å². The highest BCUT2D eigenvalue weighted by Gasteiger charge is 2.04. The minimum atomic E-state index is -0.650. The number of nitrogens with two attached hydrogens (primary N) is 1. The molecule has 2 aromatic rings. The number of benzene rings is 1. The van der Waals surface area contributed by atoms with E-state index in [-0.39, 0.29) is 5.82 Å². The fourth-order valence-corrected chi connectivity index (χ4v) is 1.22. The SMILES string of the molecule is NC(=O)n1ccc(-c2ccc(F)cc2)n1. The molecule has 15 heavy (non-hydrogen) atoms. The molecule has 1 aromatic carbocycles. The molecule has 0 radical (unpaired) electrons. The van der Waals surface area contributed by atoms with Gasteiger partial charge in [0.1, 0.15) is 5.82 Å². The number of halogens is 1. The van der Waals surface area contributed by atoms with Gasteiger partial charge in [0.25, 0.3) is 0 Å². The maximum atomic E-state index is 12.6. The van der Waals surface area contributed by atoms with Crippen LogP contribution < -0.4 is 5.73 Å². The zero-order chi connectivity index (χ0) is 10.8. The highest BCUT2D eigenvalue weighted by Crippen LogP contribution is 2.16. The molecule has 0 aliphatic heterocycles. The Labute approximate surface area is 85.1 Å². The third kappa shape index (κ3) is 1.85. The third-order valence-electron chi connectivity index (χ3n) is 1.95. The summed E-state index contributed by atoms with van der Waals surface area (Å²) in [5.74, 6) is -0.312. The molecular formula is C10H8FN3O. The molecule has 0 spiro atoms. The quantitative estimate of drug-likeness (QED) is 0.768. The van der Waals surface area contributed by atoms with Crippen LogP contribution in [0.5, 0.6) is 0 Å². The molecule has 0 saturated carbocycles. The lowest BCUT2D eigenvalue weighted by molar-refractivity contribution is 0.248. The average molecular weight is 205 g/mol. The first kappa shape index (κ1) is 9.39. The Morgan fingerprint density at radius 3 is 2.47 bits per heavy atom. The van der Waals surface area contributed by atoms with Crippen LogP contribution >= 0.6 is 0 Å². The highest BCUT2D eigenvalue weighted by molar-refractivity contribution is 5.74. The Morgan fingerprint density at radius 2 is 1.93 bits per heavy atom. The third-order valence-corrected chi connectivity index (χ3v) is 1.95. The second-order valence-corrected chi connectivity index (χ2v) is 2.99. The molecular weight excluding hydrogens is 197 g/mol. The van der Waals surface area contributed by atoms with Gasteiger partial charge in [0.15, 0.2) is 0 Å². The van der Waals surface area contributed by atoms with Gasteiger partial charge in [-0.05, 0) is 30.3 Å².